The molecule has 2 nitrogen and oxygen atoms in total. The van der Waals surface area contributed by atoms with Crippen molar-refractivity contribution in [1.82, 2.24) is 0 Å². The molecule has 0 aromatic heterocycles. The van der Waals surface area contributed by atoms with Crippen molar-refractivity contribution in [3.63, 3.8) is 0 Å². The largest absolute Gasteiger partial charge is 0.324 e. The van der Waals surface area contributed by atoms with Gasteiger partial charge in [0.2, 0.25) is 0 Å². The van der Waals surface area contributed by atoms with Gasteiger partial charge < -0.3 is 5.73 Å². The smallest absolute Gasteiger partial charge is 0.149 e. The molecule has 10 heavy (non-hydrogen) atoms. The lowest BCUT2D eigenvalue weighted by Gasteiger charge is -2.41. The lowest BCUT2D eigenvalue weighted by Crippen LogP contribution is -2.39. The second kappa shape index (κ2) is 2.35. The third-order valence-corrected chi connectivity index (χ3v) is 2.25. The van der Waals surface area contributed by atoms with Crippen LogP contribution in [0.2, 0.25) is 0 Å². The second-order valence-corrected chi connectivity index (χ2v) is 3.94. The number of carbonyl (C=O) groups is 1. The Labute approximate surface area is 61.8 Å². The maximum absolute atomic E-state index is 11.0. The molecule has 2 heteroatoms. The van der Waals surface area contributed by atoms with E-state index in [0.29, 0.717) is 5.41 Å². The molecule has 0 aliphatic heterocycles. The Morgan fingerprint density at radius 1 is 1.60 bits per heavy atom. The zero-order chi connectivity index (χ0) is 7.78. The van der Waals surface area contributed by atoms with Gasteiger partial charge >= 0.3 is 0 Å². The Hall–Kier alpha value is -0.370. The van der Waals surface area contributed by atoms with Crippen LogP contribution in [-0.2, 0) is 4.79 Å². The highest BCUT2D eigenvalue weighted by molar-refractivity contribution is 5.83. The summed E-state index contributed by atoms with van der Waals surface area (Å²) in [6.45, 7) is 4.60. The van der Waals surface area contributed by atoms with Gasteiger partial charge in [0.1, 0.15) is 5.78 Å². The van der Waals surface area contributed by atoms with Crippen molar-refractivity contribution in [3.8, 4) is 0 Å². The number of ketones is 1. The molecule has 1 aliphatic rings. The first-order valence-corrected chi connectivity index (χ1v) is 3.78. The van der Waals surface area contributed by atoms with E-state index in [4.69, 9.17) is 5.73 Å². The summed E-state index contributed by atoms with van der Waals surface area (Å²) in [5, 5.41) is 0. The number of carbonyl (C=O) groups excluding carboxylic acids is 1. The topological polar surface area (TPSA) is 43.1 Å². The van der Waals surface area contributed by atoms with Crippen molar-refractivity contribution >= 4 is 5.78 Å². The molecule has 0 radical (unpaired) electrons. The van der Waals surface area contributed by atoms with Gasteiger partial charge in [-0.3, -0.25) is 4.79 Å². The van der Waals surface area contributed by atoms with E-state index in [1.54, 1.807) is 0 Å². The fourth-order valence-electron chi connectivity index (χ4n) is 1.67. The molecule has 0 heterocycles. The van der Waals surface area contributed by atoms with E-state index >= 15 is 0 Å². The van der Waals surface area contributed by atoms with Crippen LogP contribution in [0.15, 0.2) is 0 Å². The van der Waals surface area contributed by atoms with Crippen LogP contribution < -0.4 is 5.73 Å². The van der Waals surface area contributed by atoms with Crippen LogP contribution in [0.4, 0.5) is 0 Å². The molecule has 58 valence electrons. The predicted molar refractivity (Wildman–Crippen MR) is 40.6 cm³/mol. The monoisotopic (exact) mass is 141 g/mol. The average molecular weight is 141 g/mol. The van der Waals surface area contributed by atoms with Crippen molar-refractivity contribution in [2.24, 2.45) is 17.1 Å². The van der Waals surface area contributed by atoms with Crippen LogP contribution >= 0.6 is 0 Å². The van der Waals surface area contributed by atoms with Gasteiger partial charge in [0, 0.05) is 5.92 Å². The SMILES string of the molecule is CC1(C)CC(C(=O)CN)C1. The summed E-state index contributed by atoms with van der Waals surface area (Å²) in [5.41, 5.74) is 5.62. The van der Waals surface area contributed by atoms with E-state index in [2.05, 4.69) is 13.8 Å². The third-order valence-electron chi connectivity index (χ3n) is 2.25. The van der Waals surface area contributed by atoms with E-state index in [0.717, 1.165) is 12.8 Å². The molecule has 0 saturated heterocycles. The minimum absolute atomic E-state index is 0.223. The van der Waals surface area contributed by atoms with Gasteiger partial charge in [-0.15, -0.1) is 0 Å². The van der Waals surface area contributed by atoms with E-state index in [1.165, 1.54) is 0 Å². The Morgan fingerprint density at radius 3 is 2.40 bits per heavy atom. The Bertz CT molecular complexity index is 143. The first kappa shape index (κ1) is 7.73. The fourth-order valence-corrected chi connectivity index (χ4v) is 1.67. The van der Waals surface area contributed by atoms with E-state index in [-0.39, 0.29) is 18.2 Å². The van der Waals surface area contributed by atoms with Crippen molar-refractivity contribution in [2.75, 3.05) is 6.54 Å². The fraction of sp³-hybridized carbons (Fsp3) is 0.875. The molecule has 1 saturated carbocycles. The lowest BCUT2D eigenvalue weighted by atomic mass is 9.63. The van der Waals surface area contributed by atoms with Crippen LogP contribution in [0.5, 0.6) is 0 Å². The number of nitrogens with two attached hydrogens (primary N) is 1. The highest BCUT2D eigenvalue weighted by Gasteiger charge is 2.39. The molecule has 1 rings (SSSR count). The Balaban J connectivity index is 2.33. The van der Waals surface area contributed by atoms with Crippen LogP contribution in [-0.4, -0.2) is 12.3 Å². The maximum atomic E-state index is 11.0. The zero-order valence-corrected chi connectivity index (χ0v) is 6.68. The van der Waals surface area contributed by atoms with Crippen molar-refractivity contribution in [3.05, 3.63) is 0 Å². The number of hydrogen-bond acceptors (Lipinski definition) is 2. The standard InChI is InChI=1S/C8H15NO/c1-8(2)3-6(4-8)7(10)5-9/h6H,3-5,9H2,1-2H3. The molecule has 0 unspecified atom stereocenters. The maximum Gasteiger partial charge on any atom is 0.149 e. The summed E-state index contributed by atoms with van der Waals surface area (Å²) in [5.74, 6) is 0.513. The molecule has 0 spiro atoms. The molecule has 1 aliphatic carbocycles. The van der Waals surface area contributed by atoms with E-state index < -0.39 is 0 Å². The predicted octanol–water partition coefficient (Wildman–Crippen LogP) is 0.950. The highest BCUT2D eigenvalue weighted by Crippen LogP contribution is 2.44. The molecule has 0 amide bonds. The van der Waals surface area contributed by atoms with Gasteiger partial charge in [-0.25, -0.2) is 0 Å². The molecular weight excluding hydrogens is 126 g/mol. The van der Waals surface area contributed by atoms with Gasteiger partial charge in [0.05, 0.1) is 6.54 Å². The summed E-state index contributed by atoms with van der Waals surface area (Å²) in [6.07, 6.45) is 2.06. The van der Waals surface area contributed by atoms with Crippen LogP contribution in [0.3, 0.4) is 0 Å². The molecule has 0 bridgehead atoms. The van der Waals surface area contributed by atoms with E-state index in [9.17, 15) is 4.79 Å². The van der Waals surface area contributed by atoms with Gasteiger partial charge in [-0.2, -0.15) is 0 Å². The summed E-state index contributed by atoms with van der Waals surface area (Å²) < 4.78 is 0. The van der Waals surface area contributed by atoms with Crippen molar-refractivity contribution < 1.29 is 4.79 Å². The quantitative estimate of drug-likeness (QED) is 0.622. The summed E-state index contributed by atoms with van der Waals surface area (Å²) >= 11 is 0. The van der Waals surface area contributed by atoms with Crippen molar-refractivity contribution in [1.29, 1.82) is 0 Å². The van der Waals surface area contributed by atoms with Gasteiger partial charge in [-0.1, -0.05) is 13.8 Å². The highest BCUT2D eigenvalue weighted by atomic mass is 16.1. The molecule has 2 N–H and O–H groups in total. The van der Waals surface area contributed by atoms with Crippen molar-refractivity contribution in [2.45, 2.75) is 26.7 Å². The third kappa shape index (κ3) is 1.37. The van der Waals surface area contributed by atoms with E-state index in [1.807, 2.05) is 0 Å². The Morgan fingerprint density at radius 2 is 2.10 bits per heavy atom. The minimum atomic E-state index is 0.223. The summed E-state index contributed by atoms with van der Waals surface area (Å²) in [4.78, 5) is 11.0. The number of rotatable bonds is 2. The normalized spacial score (nSPS) is 23.9. The Kier molecular flexibility index (Phi) is 1.82. The number of Topliss-reactive ketones (excluding diaryl/α,β-unsaturated/α-hetero) is 1. The average Bonchev–Trinajstić information content (AvgIpc) is 1.81. The van der Waals surface area contributed by atoms with Crippen LogP contribution in [0.25, 0.3) is 0 Å². The molecule has 0 aromatic rings. The molecule has 0 aromatic carbocycles. The summed E-state index contributed by atoms with van der Waals surface area (Å²) in [6, 6.07) is 0. The summed E-state index contributed by atoms with van der Waals surface area (Å²) in [7, 11) is 0. The van der Waals surface area contributed by atoms with Crippen LogP contribution in [0.1, 0.15) is 26.7 Å². The second-order valence-electron chi connectivity index (χ2n) is 3.94. The van der Waals surface area contributed by atoms with Gasteiger partial charge in [0.15, 0.2) is 0 Å². The zero-order valence-electron chi connectivity index (χ0n) is 6.68. The first-order chi connectivity index (χ1) is 4.55. The molecule has 1 fully saturated rings. The van der Waals surface area contributed by atoms with Gasteiger partial charge in [0.25, 0.3) is 0 Å². The van der Waals surface area contributed by atoms with Gasteiger partial charge in [-0.05, 0) is 18.3 Å². The molecular formula is C8H15NO. The number of hydrogen-bond donors (Lipinski definition) is 1. The first-order valence-electron chi connectivity index (χ1n) is 3.78. The molecule has 0 atom stereocenters. The lowest BCUT2D eigenvalue weighted by molar-refractivity contribution is -0.127. The minimum Gasteiger partial charge on any atom is -0.324 e. The van der Waals surface area contributed by atoms with Crippen LogP contribution in [0, 0.1) is 11.3 Å².